The number of hydrogen-bond acceptors (Lipinski definition) is 4. The molecule has 0 aliphatic carbocycles. The van der Waals surface area contributed by atoms with E-state index in [1.54, 1.807) is 18.2 Å². The van der Waals surface area contributed by atoms with Crippen LogP contribution in [-0.2, 0) is 13.0 Å². The highest BCUT2D eigenvalue weighted by molar-refractivity contribution is 6.31. The zero-order chi connectivity index (χ0) is 23.3. The van der Waals surface area contributed by atoms with Crippen molar-refractivity contribution >= 4 is 17.5 Å². The number of nitrogens with zero attached hydrogens (tertiary/aromatic N) is 2. The fraction of sp³-hybridized carbons (Fsp3) is 0.250. The molecule has 0 bridgehead atoms. The average Bonchev–Trinajstić information content (AvgIpc) is 3.05. The average molecular weight is 457 g/mol. The predicted octanol–water partition coefficient (Wildman–Crippen LogP) is 3.85. The number of aryl methyl sites for hydroxylation is 1. The minimum Gasteiger partial charge on any atom is -0.395 e. The van der Waals surface area contributed by atoms with Crippen LogP contribution in [0.2, 0.25) is 5.02 Å². The Kier molecular flexibility index (Phi) is 7.66. The first-order chi connectivity index (χ1) is 15.3. The highest BCUT2D eigenvalue weighted by atomic mass is 35.5. The molecule has 6 nitrogen and oxygen atoms in total. The van der Waals surface area contributed by atoms with E-state index in [1.165, 1.54) is 12.1 Å². The number of amides is 1. The van der Waals surface area contributed by atoms with Gasteiger partial charge in [0.15, 0.2) is 0 Å². The fourth-order valence-corrected chi connectivity index (χ4v) is 3.60. The number of aliphatic hydroxyl groups is 1. The van der Waals surface area contributed by atoms with Gasteiger partial charge >= 0.3 is 0 Å². The van der Waals surface area contributed by atoms with Gasteiger partial charge in [0.05, 0.1) is 18.0 Å². The minimum absolute atomic E-state index is 0.102. The summed E-state index contributed by atoms with van der Waals surface area (Å²) < 4.78 is 15.1. The number of aliphatic hydroxyl groups excluding tert-OH is 1. The van der Waals surface area contributed by atoms with Crippen molar-refractivity contribution < 1.29 is 14.3 Å². The molecular weight excluding hydrogens is 431 g/mol. The summed E-state index contributed by atoms with van der Waals surface area (Å²) in [5.74, 6) is -0.599. The summed E-state index contributed by atoms with van der Waals surface area (Å²) >= 11 is 6.09. The highest BCUT2D eigenvalue weighted by Gasteiger charge is 2.15. The lowest BCUT2D eigenvalue weighted by molar-refractivity contribution is 0.0945. The van der Waals surface area contributed by atoms with Gasteiger partial charge in [0.2, 0.25) is 0 Å². The summed E-state index contributed by atoms with van der Waals surface area (Å²) in [4.78, 5) is 12.0. The topological polar surface area (TPSA) is 79.2 Å². The van der Waals surface area contributed by atoms with E-state index in [4.69, 9.17) is 16.7 Å². The number of carbonyl (C=O) groups is 1. The molecule has 0 atom stereocenters. The second kappa shape index (κ2) is 10.4. The molecule has 0 saturated carbocycles. The van der Waals surface area contributed by atoms with Crippen molar-refractivity contribution in [2.75, 3.05) is 13.2 Å². The third-order valence-corrected chi connectivity index (χ3v) is 5.50. The van der Waals surface area contributed by atoms with Crippen LogP contribution in [0.4, 0.5) is 4.39 Å². The summed E-state index contributed by atoms with van der Waals surface area (Å²) in [6.07, 6.45) is 0.581. The van der Waals surface area contributed by atoms with E-state index in [0.29, 0.717) is 23.6 Å². The Morgan fingerprint density at radius 1 is 1.19 bits per heavy atom. The largest absolute Gasteiger partial charge is 0.395 e. The molecule has 0 unspecified atom stereocenters. The smallest absolute Gasteiger partial charge is 0.251 e. The van der Waals surface area contributed by atoms with Crippen molar-refractivity contribution in [3.05, 3.63) is 93.7 Å². The van der Waals surface area contributed by atoms with Crippen molar-refractivity contribution in [1.29, 1.82) is 0 Å². The maximum Gasteiger partial charge on any atom is 0.251 e. The van der Waals surface area contributed by atoms with Crippen LogP contribution < -0.4 is 10.6 Å². The van der Waals surface area contributed by atoms with E-state index in [9.17, 15) is 9.18 Å². The lowest BCUT2D eigenvalue weighted by atomic mass is 10.1. The van der Waals surface area contributed by atoms with Gasteiger partial charge in [-0.15, -0.1) is 0 Å². The monoisotopic (exact) mass is 456 g/mol. The van der Waals surface area contributed by atoms with Gasteiger partial charge in [0.1, 0.15) is 5.82 Å². The van der Waals surface area contributed by atoms with E-state index in [-0.39, 0.29) is 24.9 Å². The summed E-state index contributed by atoms with van der Waals surface area (Å²) in [6, 6.07) is 11.4. The van der Waals surface area contributed by atoms with Crippen LogP contribution in [0.15, 0.2) is 54.7 Å². The van der Waals surface area contributed by atoms with Crippen LogP contribution in [0.1, 0.15) is 32.9 Å². The normalized spacial score (nSPS) is 10.8. The molecule has 1 amide bonds. The highest BCUT2D eigenvalue weighted by Crippen LogP contribution is 2.21. The molecule has 2 aromatic carbocycles. The molecule has 168 valence electrons. The molecule has 32 heavy (non-hydrogen) atoms. The van der Waals surface area contributed by atoms with Crippen molar-refractivity contribution in [2.24, 2.45) is 0 Å². The van der Waals surface area contributed by atoms with Crippen molar-refractivity contribution in [3.63, 3.8) is 0 Å². The predicted molar refractivity (Wildman–Crippen MR) is 124 cm³/mol. The Morgan fingerprint density at radius 2 is 1.91 bits per heavy atom. The molecule has 1 heterocycles. The molecule has 8 heteroatoms. The SMILES string of the molecule is C=C(Cc1c(C)nn(-c2ccc(C(=O)NCCO)cc2)c1C)NCc1ccc(F)cc1Cl. The standard InChI is InChI=1S/C24H26ClFN4O2/c1-15(28-14-19-4-7-20(26)13-23(19)25)12-22-16(2)29-30(17(22)3)21-8-5-18(6-9-21)24(32)27-10-11-31/h4-9,13,28,31H,1,10-12,14H2,2-3H3,(H,27,32). The second-order valence-corrected chi connectivity index (χ2v) is 7.86. The molecule has 3 rings (SSSR count). The van der Waals surface area contributed by atoms with E-state index in [1.807, 2.05) is 30.7 Å². The van der Waals surface area contributed by atoms with Crippen LogP contribution in [0.25, 0.3) is 5.69 Å². The number of carbonyl (C=O) groups excluding carboxylic acids is 1. The van der Waals surface area contributed by atoms with E-state index in [2.05, 4.69) is 22.3 Å². The minimum atomic E-state index is -0.366. The first-order valence-corrected chi connectivity index (χ1v) is 10.6. The van der Waals surface area contributed by atoms with Gasteiger partial charge in [-0.05, 0) is 55.8 Å². The molecule has 0 saturated heterocycles. The molecular formula is C24H26ClFN4O2. The van der Waals surface area contributed by atoms with Crippen molar-refractivity contribution in [2.45, 2.75) is 26.8 Å². The Morgan fingerprint density at radius 3 is 2.56 bits per heavy atom. The second-order valence-electron chi connectivity index (χ2n) is 7.46. The lowest BCUT2D eigenvalue weighted by Gasteiger charge is -2.12. The molecule has 1 aromatic heterocycles. The first-order valence-electron chi connectivity index (χ1n) is 10.2. The summed E-state index contributed by atoms with van der Waals surface area (Å²) in [7, 11) is 0. The van der Waals surface area contributed by atoms with Gasteiger partial charge in [-0.3, -0.25) is 4.79 Å². The van der Waals surface area contributed by atoms with Gasteiger partial charge in [-0.25, -0.2) is 9.07 Å². The first kappa shape index (κ1) is 23.5. The van der Waals surface area contributed by atoms with Crippen LogP contribution >= 0.6 is 11.6 Å². The number of allylic oxidation sites excluding steroid dienone is 1. The number of benzene rings is 2. The fourth-order valence-electron chi connectivity index (χ4n) is 3.37. The zero-order valence-electron chi connectivity index (χ0n) is 18.1. The molecule has 3 aromatic rings. The van der Waals surface area contributed by atoms with E-state index >= 15 is 0 Å². The van der Waals surface area contributed by atoms with Crippen LogP contribution in [0, 0.1) is 19.7 Å². The van der Waals surface area contributed by atoms with E-state index in [0.717, 1.165) is 33.9 Å². The van der Waals surface area contributed by atoms with Gasteiger partial charge in [-0.1, -0.05) is 24.2 Å². The lowest BCUT2D eigenvalue weighted by Crippen LogP contribution is -2.26. The number of hydrogen-bond donors (Lipinski definition) is 3. The van der Waals surface area contributed by atoms with Gasteiger partial charge in [-0.2, -0.15) is 5.10 Å². The van der Waals surface area contributed by atoms with Crippen molar-refractivity contribution in [1.82, 2.24) is 20.4 Å². The Labute approximate surface area is 191 Å². The summed E-state index contributed by atoms with van der Waals surface area (Å²) in [5.41, 5.74) is 5.86. The van der Waals surface area contributed by atoms with Crippen LogP contribution in [-0.4, -0.2) is 33.9 Å². The van der Waals surface area contributed by atoms with Crippen LogP contribution in [0.3, 0.4) is 0 Å². The molecule has 0 aliphatic heterocycles. The summed E-state index contributed by atoms with van der Waals surface area (Å²) in [5, 5.41) is 19.7. The van der Waals surface area contributed by atoms with Crippen molar-refractivity contribution in [3.8, 4) is 5.69 Å². The zero-order valence-corrected chi connectivity index (χ0v) is 18.8. The number of halogens is 2. The Balaban J connectivity index is 1.69. The Bertz CT molecular complexity index is 1130. The van der Waals surface area contributed by atoms with Gasteiger partial charge < -0.3 is 15.7 Å². The molecule has 0 aliphatic rings. The molecule has 0 radical (unpaired) electrons. The molecule has 0 fully saturated rings. The van der Waals surface area contributed by atoms with E-state index < -0.39 is 0 Å². The molecule has 3 N–H and O–H groups in total. The van der Waals surface area contributed by atoms with Crippen LogP contribution in [0.5, 0.6) is 0 Å². The Hall–Kier alpha value is -3.16. The quantitative estimate of drug-likeness (QED) is 0.457. The number of rotatable bonds is 9. The number of nitrogens with one attached hydrogen (secondary N) is 2. The summed E-state index contributed by atoms with van der Waals surface area (Å²) in [6.45, 7) is 8.60. The maximum atomic E-state index is 13.2. The van der Waals surface area contributed by atoms with Gasteiger partial charge in [0.25, 0.3) is 5.91 Å². The number of aromatic nitrogens is 2. The maximum absolute atomic E-state index is 13.2. The third kappa shape index (κ3) is 5.55. The third-order valence-electron chi connectivity index (χ3n) is 5.15. The van der Waals surface area contributed by atoms with Gasteiger partial charge in [0, 0.05) is 47.1 Å². The molecule has 0 spiro atoms.